The fraction of sp³-hybridized carbons (Fsp3) is 0.538. The SMILES string of the molecule is CCOc1ccccc1CN1C(=O)c2c(C(=O)OC)ncn2C[C@@]1(C)C(=O)NC1CCCCCC1. The largest absolute Gasteiger partial charge is 0.494 e. The van der Waals surface area contributed by atoms with Gasteiger partial charge in [0.05, 0.1) is 33.1 Å². The van der Waals surface area contributed by atoms with Gasteiger partial charge in [-0.25, -0.2) is 9.78 Å². The van der Waals surface area contributed by atoms with E-state index in [-0.39, 0.29) is 36.4 Å². The quantitative estimate of drug-likeness (QED) is 0.480. The minimum Gasteiger partial charge on any atom is -0.494 e. The molecule has 2 heterocycles. The number of fused-ring (bicyclic) bond motifs is 1. The van der Waals surface area contributed by atoms with Crippen LogP contribution in [0.1, 0.15) is 78.9 Å². The Morgan fingerprint density at radius 1 is 1.17 bits per heavy atom. The number of methoxy groups -OCH3 is 1. The molecule has 9 heteroatoms. The molecule has 1 fully saturated rings. The lowest BCUT2D eigenvalue weighted by Gasteiger charge is -2.44. The highest BCUT2D eigenvalue weighted by Crippen LogP contribution is 2.33. The summed E-state index contributed by atoms with van der Waals surface area (Å²) in [5.74, 6) is -0.681. The molecule has 35 heavy (non-hydrogen) atoms. The number of para-hydroxylation sites is 1. The first kappa shape index (κ1) is 24.8. The molecule has 0 saturated heterocycles. The van der Waals surface area contributed by atoms with Crippen LogP contribution in [0.3, 0.4) is 0 Å². The smallest absolute Gasteiger partial charge is 0.359 e. The van der Waals surface area contributed by atoms with Crippen LogP contribution in [0.15, 0.2) is 30.6 Å². The molecule has 2 aromatic rings. The lowest BCUT2D eigenvalue weighted by atomic mass is 9.92. The first-order valence-electron chi connectivity index (χ1n) is 12.4. The molecule has 0 bridgehead atoms. The minimum atomic E-state index is -1.19. The van der Waals surface area contributed by atoms with Crippen molar-refractivity contribution in [3.8, 4) is 5.75 Å². The molecule has 2 amide bonds. The van der Waals surface area contributed by atoms with Crippen molar-refractivity contribution < 1.29 is 23.9 Å². The second-order valence-corrected chi connectivity index (χ2v) is 9.43. The van der Waals surface area contributed by atoms with E-state index in [1.54, 1.807) is 16.4 Å². The Kier molecular flexibility index (Phi) is 7.42. The second-order valence-electron chi connectivity index (χ2n) is 9.43. The van der Waals surface area contributed by atoms with Crippen LogP contribution in [-0.2, 0) is 22.6 Å². The first-order chi connectivity index (χ1) is 16.9. The van der Waals surface area contributed by atoms with Gasteiger partial charge in [0.2, 0.25) is 5.91 Å². The number of amides is 2. The summed E-state index contributed by atoms with van der Waals surface area (Å²) in [6, 6.07) is 7.56. The number of ether oxygens (including phenoxy) is 2. The maximum atomic E-state index is 13.9. The molecule has 1 aliphatic carbocycles. The summed E-state index contributed by atoms with van der Waals surface area (Å²) in [6.07, 6.45) is 7.83. The van der Waals surface area contributed by atoms with Gasteiger partial charge in [0.1, 0.15) is 17.0 Å². The highest BCUT2D eigenvalue weighted by Gasteiger charge is 2.49. The third-order valence-electron chi connectivity index (χ3n) is 7.02. The predicted molar refractivity (Wildman–Crippen MR) is 129 cm³/mol. The molecule has 1 atom stereocenters. The molecular weight excluding hydrogens is 448 g/mol. The Labute approximate surface area is 205 Å². The summed E-state index contributed by atoms with van der Waals surface area (Å²) in [7, 11) is 1.25. The number of nitrogens with zero attached hydrogens (tertiary/aromatic N) is 3. The van der Waals surface area contributed by atoms with E-state index < -0.39 is 17.4 Å². The molecule has 0 radical (unpaired) electrons. The molecule has 1 aromatic heterocycles. The van der Waals surface area contributed by atoms with E-state index in [0.29, 0.717) is 12.4 Å². The van der Waals surface area contributed by atoms with Crippen molar-refractivity contribution >= 4 is 17.8 Å². The van der Waals surface area contributed by atoms with Crippen LogP contribution in [0.5, 0.6) is 5.75 Å². The molecule has 1 aliphatic heterocycles. The minimum absolute atomic E-state index is 0.0492. The normalized spacial score (nSPS) is 20.7. The lowest BCUT2D eigenvalue weighted by molar-refractivity contribution is -0.134. The molecule has 188 valence electrons. The van der Waals surface area contributed by atoms with Crippen LogP contribution >= 0.6 is 0 Å². The number of hydrogen-bond donors (Lipinski definition) is 1. The molecule has 1 aromatic carbocycles. The van der Waals surface area contributed by atoms with Crippen LogP contribution in [0, 0.1) is 0 Å². The number of hydrogen-bond acceptors (Lipinski definition) is 6. The number of nitrogens with one attached hydrogen (secondary N) is 1. The van der Waals surface area contributed by atoms with Crippen molar-refractivity contribution in [1.29, 1.82) is 0 Å². The number of carbonyl (C=O) groups is 3. The second kappa shape index (κ2) is 10.5. The molecule has 9 nitrogen and oxygen atoms in total. The third-order valence-corrected chi connectivity index (χ3v) is 7.02. The highest BCUT2D eigenvalue weighted by atomic mass is 16.5. The van der Waals surface area contributed by atoms with E-state index in [0.717, 1.165) is 31.2 Å². The number of carbonyl (C=O) groups excluding carboxylic acids is 3. The topological polar surface area (TPSA) is 103 Å². The van der Waals surface area contributed by atoms with E-state index in [9.17, 15) is 14.4 Å². The maximum absolute atomic E-state index is 13.9. The summed E-state index contributed by atoms with van der Waals surface area (Å²) in [5, 5.41) is 3.23. The van der Waals surface area contributed by atoms with E-state index >= 15 is 0 Å². The van der Waals surface area contributed by atoms with Crippen molar-refractivity contribution in [2.24, 2.45) is 0 Å². The van der Waals surface area contributed by atoms with E-state index in [1.807, 2.05) is 31.2 Å². The number of aromatic nitrogens is 2. The van der Waals surface area contributed by atoms with Crippen LogP contribution < -0.4 is 10.1 Å². The van der Waals surface area contributed by atoms with E-state index in [1.165, 1.54) is 26.3 Å². The molecule has 1 N–H and O–H groups in total. The van der Waals surface area contributed by atoms with Gasteiger partial charge in [-0.1, -0.05) is 43.9 Å². The van der Waals surface area contributed by atoms with Gasteiger partial charge >= 0.3 is 5.97 Å². The Balaban J connectivity index is 1.72. The standard InChI is InChI=1S/C26H34N4O5/c1-4-35-20-14-10-9-11-18(20)15-30-23(31)22-21(24(32)34-3)27-17-29(22)16-26(30,2)25(33)28-19-12-7-5-6-8-13-19/h9-11,14,17,19H,4-8,12-13,15-16H2,1-3H3,(H,28,33)/t26-/m0/s1. The van der Waals surface area contributed by atoms with Gasteiger partial charge in [0, 0.05) is 11.6 Å². The van der Waals surface area contributed by atoms with Crippen molar-refractivity contribution in [2.75, 3.05) is 13.7 Å². The Hall–Kier alpha value is -3.36. The molecule has 0 spiro atoms. The lowest BCUT2D eigenvalue weighted by Crippen LogP contribution is -2.64. The average Bonchev–Trinajstić information content (AvgIpc) is 3.10. The first-order valence-corrected chi connectivity index (χ1v) is 12.4. The summed E-state index contributed by atoms with van der Waals surface area (Å²) >= 11 is 0. The zero-order valence-electron chi connectivity index (χ0n) is 20.7. The van der Waals surface area contributed by atoms with Gasteiger partial charge in [-0.2, -0.15) is 0 Å². The number of esters is 1. The van der Waals surface area contributed by atoms with Crippen LogP contribution in [0.4, 0.5) is 0 Å². The van der Waals surface area contributed by atoms with Gasteiger partial charge < -0.3 is 24.3 Å². The van der Waals surface area contributed by atoms with E-state index in [2.05, 4.69) is 10.3 Å². The van der Waals surface area contributed by atoms with Gasteiger partial charge in [-0.3, -0.25) is 9.59 Å². The maximum Gasteiger partial charge on any atom is 0.359 e. The number of benzene rings is 1. The fourth-order valence-corrected chi connectivity index (χ4v) is 5.05. The third kappa shape index (κ3) is 4.90. The zero-order chi connectivity index (χ0) is 25.0. The summed E-state index contributed by atoms with van der Waals surface area (Å²) in [5.41, 5.74) is -0.329. The van der Waals surface area contributed by atoms with Gasteiger partial charge in [-0.15, -0.1) is 0 Å². The average molecular weight is 483 g/mol. The van der Waals surface area contributed by atoms with Crippen molar-refractivity contribution in [2.45, 2.75) is 77.0 Å². The van der Waals surface area contributed by atoms with Gasteiger partial charge in [0.25, 0.3) is 5.91 Å². The van der Waals surface area contributed by atoms with Crippen LogP contribution in [-0.4, -0.2) is 57.5 Å². The summed E-state index contributed by atoms with van der Waals surface area (Å²) < 4.78 is 12.2. The fourth-order valence-electron chi connectivity index (χ4n) is 5.05. The number of imidazole rings is 1. The molecular formula is C26H34N4O5. The number of rotatable bonds is 7. The summed E-state index contributed by atoms with van der Waals surface area (Å²) in [4.78, 5) is 45.7. The van der Waals surface area contributed by atoms with Crippen LogP contribution in [0.25, 0.3) is 0 Å². The van der Waals surface area contributed by atoms with Gasteiger partial charge in [-0.05, 0) is 32.8 Å². The Morgan fingerprint density at radius 3 is 2.57 bits per heavy atom. The highest BCUT2D eigenvalue weighted by molar-refractivity contribution is 6.06. The molecule has 0 unspecified atom stereocenters. The summed E-state index contributed by atoms with van der Waals surface area (Å²) in [6.45, 7) is 4.47. The zero-order valence-corrected chi connectivity index (χ0v) is 20.7. The Bertz CT molecular complexity index is 1090. The Morgan fingerprint density at radius 2 is 1.89 bits per heavy atom. The van der Waals surface area contributed by atoms with Gasteiger partial charge in [0.15, 0.2) is 5.69 Å². The molecule has 1 saturated carbocycles. The van der Waals surface area contributed by atoms with Crippen LogP contribution in [0.2, 0.25) is 0 Å². The monoisotopic (exact) mass is 482 g/mol. The molecule has 2 aliphatic rings. The predicted octanol–water partition coefficient (Wildman–Crippen LogP) is 3.32. The van der Waals surface area contributed by atoms with Crippen molar-refractivity contribution in [3.05, 3.63) is 47.5 Å². The van der Waals surface area contributed by atoms with Crippen molar-refractivity contribution in [1.82, 2.24) is 19.8 Å². The van der Waals surface area contributed by atoms with Crippen molar-refractivity contribution in [3.63, 3.8) is 0 Å². The molecule has 4 rings (SSSR count). The van der Waals surface area contributed by atoms with E-state index in [4.69, 9.17) is 9.47 Å².